The fourth-order valence-electron chi connectivity index (χ4n) is 3.54. The molecular formula is C26H24N2O2. The highest BCUT2D eigenvalue weighted by Crippen LogP contribution is 2.29. The highest BCUT2D eigenvalue weighted by atomic mass is 16.3. The molecule has 4 rings (SSSR count). The first-order valence-corrected chi connectivity index (χ1v) is 9.81. The minimum Gasteiger partial charge on any atom is -0.508 e. The standard InChI is InChI=1S/C26H24N2O2/c27-25-11-5-19(15-21(25)13-17-1-7-23(29)8-2-17)20-6-12-26(28)22(16-20)14-18-3-9-24(30)10-4-18/h1-12,15-16,29-30H,13-14,27-28H2. The van der Waals surface area contributed by atoms with Crippen LogP contribution in [0.25, 0.3) is 11.1 Å². The lowest BCUT2D eigenvalue weighted by Gasteiger charge is -2.12. The molecule has 0 aromatic heterocycles. The van der Waals surface area contributed by atoms with E-state index in [1.165, 1.54) is 0 Å². The van der Waals surface area contributed by atoms with Crippen LogP contribution in [0.1, 0.15) is 22.3 Å². The Hall–Kier alpha value is -3.92. The van der Waals surface area contributed by atoms with Gasteiger partial charge in [-0.25, -0.2) is 0 Å². The van der Waals surface area contributed by atoms with E-state index in [0.29, 0.717) is 12.8 Å². The molecule has 0 unspecified atom stereocenters. The zero-order valence-electron chi connectivity index (χ0n) is 16.5. The lowest BCUT2D eigenvalue weighted by Crippen LogP contribution is -1.98. The molecule has 4 nitrogen and oxygen atoms in total. The van der Waals surface area contributed by atoms with E-state index >= 15 is 0 Å². The van der Waals surface area contributed by atoms with E-state index in [4.69, 9.17) is 11.5 Å². The number of hydrogen-bond donors (Lipinski definition) is 4. The number of nitrogen functional groups attached to an aromatic ring is 2. The number of aromatic hydroxyl groups is 2. The van der Waals surface area contributed by atoms with Gasteiger partial charge in [-0.1, -0.05) is 36.4 Å². The average molecular weight is 396 g/mol. The summed E-state index contributed by atoms with van der Waals surface area (Å²) in [5.74, 6) is 0.506. The summed E-state index contributed by atoms with van der Waals surface area (Å²) >= 11 is 0. The molecule has 0 saturated carbocycles. The molecule has 0 aliphatic heterocycles. The molecule has 0 heterocycles. The van der Waals surface area contributed by atoms with Crippen molar-refractivity contribution in [3.63, 3.8) is 0 Å². The van der Waals surface area contributed by atoms with Crippen LogP contribution in [0, 0.1) is 0 Å². The molecule has 150 valence electrons. The Morgan fingerprint density at radius 1 is 0.500 bits per heavy atom. The summed E-state index contributed by atoms with van der Waals surface area (Å²) < 4.78 is 0. The molecule has 0 aliphatic carbocycles. The van der Waals surface area contributed by atoms with Gasteiger partial charge in [-0.2, -0.15) is 0 Å². The molecule has 0 radical (unpaired) electrons. The van der Waals surface area contributed by atoms with Crippen LogP contribution in [-0.2, 0) is 12.8 Å². The van der Waals surface area contributed by atoms with Gasteiger partial charge in [0.15, 0.2) is 0 Å². The van der Waals surface area contributed by atoms with Crippen molar-refractivity contribution in [1.29, 1.82) is 0 Å². The first-order valence-electron chi connectivity index (χ1n) is 9.81. The Balaban J connectivity index is 1.63. The van der Waals surface area contributed by atoms with Gasteiger partial charge in [0.25, 0.3) is 0 Å². The summed E-state index contributed by atoms with van der Waals surface area (Å²) in [5, 5.41) is 19.0. The SMILES string of the molecule is Nc1ccc(-c2ccc(N)c(Cc3ccc(O)cc3)c2)cc1Cc1ccc(O)cc1. The smallest absolute Gasteiger partial charge is 0.115 e. The Kier molecular flexibility index (Phi) is 5.31. The van der Waals surface area contributed by atoms with Crippen LogP contribution in [-0.4, -0.2) is 10.2 Å². The van der Waals surface area contributed by atoms with Crippen LogP contribution in [0.2, 0.25) is 0 Å². The van der Waals surface area contributed by atoms with E-state index in [9.17, 15) is 10.2 Å². The van der Waals surface area contributed by atoms with Gasteiger partial charge in [0.05, 0.1) is 0 Å². The van der Waals surface area contributed by atoms with E-state index in [1.54, 1.807) is 24.3 Å². The van der Waals surface area contributed by atoms with E-state index in [0.717, 1.165) is 44.8 Å². The van der Waals surface area contributed by atoms with Crippen LogP contribution in [0.3, 0.4) is 0 Å². The molecule has 0 fully saturated rings. The molecule has 0 spiro atoms. The lowest BCUT2D eigenvalue weighted by molar-refractivity contribution is 0.474. The normalized spacial score (nSPS) is 10.8. The Bertz CT molecular complexity index is 1070. The van der Waals surface area contributed by atoms with Crippen molar-refractivity contribution >= 4 is 11.4 Å². The number of anilines is 2. The maximum absolute atomic E-state index is 9.49. The van der Waals surface area contributed by atoms with Crippen molar-refractivity contribution in [3.8, 4) is 22.6 Å². The minimum absolute atomic E-state index is 0.253. The second kappa shape index (κ2) is 8.21. The molecular weight excluding hydrogens is 372 g/mol. The number of rotatable bonds is 5. The van der Waals surface area contributed by atoms with Crippen molar-refractivity contribution in [2.24, 2.45) is 0 Å². The van der Waals surface area contributed by atoms with Crippen LogP contribution < -0.4 is 11.5 Å². The van der Waals surface area contributed by atoms with Crippen LogP contribution in [0.15, 0.2) is 84.9 Å². The summed E-state index contributed by atoms with van der Waals surface area (Å²) in [7, 11) is 0. The van der Waals surface area contributed by atoms with Crippen molar-refractivity contribution in [2.75, 3.05) is 11.5 Å². The summed E-state index contributed by atoms with van der Waals surface area (Å²) in [6.07, 6.45) is 1.38. The van der Waals surface area contributed by atoms with Crippen molar-refractivity contribution in [3.05, 3.63) is 107 Å². The number of phenolic OH excluding ortho intramolecular Hbond substituents is 2. The molecule has 0 saturated heterocycles. The Labute approximate surface area is 176 Å². The fraction of sp³-hybridized carbons (Fsp3) is 0.0769. The predicted molar refractivity (Wildman–Crippen MR) is 123 cm³/mol. The number of nitrogens with two attached hydrogens (primary N) is 2. The van der Waals surface area contributed by atoms with Crippen molar-refractivity contribution < 1.29 is 10.2 Å². The van der Waals surface area contributed by atoms with Crippen LogP contribution in [0.5, 0.6) is 11.5 Å². The quantitative estimate of drug-likeness (QED) is 0.353. The molecule has 30 heavy (non-hydrogen) atoms. The molecule has 4 aromatic carbocycles. The average Bonchev–Trinajstić information content (AvgIpc) is 2.74. The molecule has 0 amide bonds. The summed E-state index contributed by atoms with van der Waals surface area (Å²) in [6.45, 7) is 0. The molecule has 0 atom stereocenters. The van der Waals surface area contributed by atoms with Crippen LogP contribution in [0.4, 0.5) is 11.4 Å². The van der Waals surface area contributed by atoms with E-state index in [-0.39, 0.29) is 11.5 Å². The highest BCUT2D eigenvalue weighted by molar-refractivity contribution is 5.71. The fourth-order valence-corrected chi connectivity index (χ4v) is 3.54. The molecule has 0 bridgehead atoms. The zero-order chi connectivity index (χ0) is 21.1. The third-order valence-electron chi connectivity index (χ3n) is 5.28. The third kappa shape index (κ3) is 4.39. The maximum atomic E-state index is 9.49. The topological polar surface area (TPSA) is 92.5 Å². The van der Waals surface area contributed by atoms with E-state index < -0.39 is 0 Å². The minimum atomic E-state index is 0.253. The van der Waals surface area contributed by atoms with E-state index in [1.807, 2.05) is 48.5 Å². The second-order valence-corrected chi connectivity index (χ2v) is 7.51. The monoisotopic (exact) mass is 396 g/mol. The number of benzene rings is 4. The van der Waals surface area contributed by atoms with Crippen molar-refractivity contribution in [1.82, 2.24) is 0 Å². The van der Waals surface area contributed by atoms with Crippen LogP contribution >= 0.6 is 0 Å². The predicted octanol–water partition coefficient (Wildman–Crippen LogP) is 5.11. The lowest BCUT2D eigenvalue weighted by atomic mass is 9.95. The van der Waals surface area contributed by atoms with E-state index in [2.05, 4.69) is 12.1 Å². The molecule has 0 aliphatic rings. The third-order valence-corrected chi connectivity index (χ3v) is 5.28. The van der Waals surface area contributed by atoms with Gasteiger partial charge in [0.2, 0.25) is 0 Å². The summed E-state index contributed by atoms with van der Waals surface area (Å²) in [5.41, 5.74) is 20.3. The van der Waals surface area contributed by atoms with Gasteiger partial charge in [-0.05, 0) is 94.8 Å². The second-order valence-electron chi connectivity index (χ2n) is 7.51. The Morgan fingerprint density at radius 2 is 0.867 bits per heavy atom. The molecule has 4 aromatic rings. The first-order chi connectivity index (χ1) is 14.5. The number of hydrogen-bond acceptors (Lipinski definition) is 4. The highest BCUT2D eigenvalue weighted by Gasteiger charge is 2.08. The maximum Gasteiger partial charge on any atom is 0.115 e. The molecule has 6 N–H and O–H groups in total. The van der Waals surface area contributed by atoms with Gasteiger partial charge in [-0.15, -0.1) is 0 Å². The summed E-state index contributed by atoms with van der Waals surface area (Å²) in [6, 6.07) is 26.5. The van der Waals surface area contributed by atoms with Gasteiger partial charge >= 0.3 is 0 Å². The largest absolute Gasteiger partial charge is 0.508 e. The Morgan fingerprint density at radius 3 is 1.23 bits per heavy atom. The number of phenols is 2. The summed E-state index contributed by atoms with van der Waals surface area (Å²) in [4.78, 5) is 0. The van der Waals surface area contributed by atoms with Crippen molar-refractivity contribution in [2.45, 2.75) is 12.8 Å². The zero-order valence-corrected chi connectivity index (χ0v) is 16.5. The van der Waals surface area contributed by atoms with Gasteiger partial charge in [-0.3, -0.25) is 0 Å². The van der Waals surface area contributed by atoms with Gasteiger partial charge in [0, 0.05) is 11.4 Å². The first kappa shape index (κ1) is 19.4. The van der Waals surface area contributed by atoms with Gasteiger partial charge < -0.3 is 21.7 Å². The van der Waals surface area contributed by atoms with Gasteiger partial charge in [0.1, 0.15) is 11.5 Å². The molecule has 4 heteroatoms.